The van der Waals surface area contributed by atoms with Gasteiger partial charge in [-0.05, 0) is 62.9 Å². The van der Waals surface area contributed by atoms with Crippen molar-refractivity contribution in [2.75, 3.05) is 26.2 Å². The van der Waals surface area contributed by atoms with Crippen LogP contribution in [0.2, 0.25) is 0 Å². The van der Waals surface area contributed by atoms with Crippen LogP contribution in [-0.4, -0.2) is 43.4 Å². The number of carbonyl (C=O) groups is 1. The van der Waals surface area contributed by atoms with Crippen molar-refractivity contribution in [1.29, 1.82) is 0 Å². The molecule has 5 nitrogen and oxygen atoms in total. The lowest BCUT2D eigenvalue weighted by atomic mass is 9.93. The first-order chi connectivity index (χ1) is 11.1. The molecular weight excluding hydrogens is 328 g/mol. The largest absolute Gasteiger partial charge is 0.491 e. The molecule has 1 atom stereocenters. The van der Waals surface area contributed by atoms with E-state index in [0.717, 1.165) is 43.7 Å². The summed E-state index contributed by atoms with van der Waals surface area (Å²) in [5.74, 6) is 1.40. The number of hydrogen-bond donors (Lipinski definition) is 3. The van der Waals surface area contributed by atoms with E-state index in [1.54, 1.807) is 0 Å². The number of rotatable bonds is 8. The summed E-state index contributed by atoms with van der Waals surface area (Å²) < 4.78 is 5.53. The van der Waals surface area contributed by atoms with Crippen LogP contribution in [0, 0.1) is 12.8 Å². The first kappa shape index (κ1) is 20.7. The molecule has 0 aliphatic carbocycles. The van der Waals surface area contributed by atoms with E-state index in [4.69, 9.17) is 4.74 Å². The van der Waals surface area contributed by atoms with Crippen molar-refractivity contribution in [3.8, 4) is 5.75 Å². The monoisotopic (exact) mass is 356 g/mol. The van der Waals surface area contributed by atoms with Gasteiger partial charge in [0, 0.05) is 13.0 Å². The van der Waals surface area contributed by atoms with Crippen molar-refractivity contribution in [2.45, 2.75) is 38.7 Å². The van der Waals surface area contributed by atoms with Gasteiger partial charge in [-0.3, -0.25) is 4.79 Å². The third-order valence-electron chi connectivity index (χ3n) is 4.21. The van der Waals surface area contributed by atoms with E-state index < -0.39 is 6.10 Å². The number of piperidine rings is 1. The van der Waals surface area contributed by atoms with Crippen molar-refractivity contribution in [3.05, 3.63) is 29.8 Å². The molecule has 1 heterocycles. The zero-order valence-corrected chi connectivity index (χ0v) is 15.1. The maximum atomic E-state index is 11.8. The standard InChI is InChI=1S/C18H28N2O3.ClH/c1-14-3-2-4-17(11-14)23-13-16(21)12-20-18(22)6-5-15-7-9-19-10-8-15;/h2-4,11,15-16,19,21H,5-10,12-13H2,1H3,(H,20,22);1H. The predicted octanol–water partition coefficient (Wildman–Crippen LogP) is 2.05. The van der Waals surface area contributed by atoms with Gasteiger partial charge in [-0.2, -0.15) is 0 Å². The zero-order valence-electron chi connectivity index (χ0n) is 14.3. The Balaban J connectivity index is 0.00000288. The Morgan fingerprint density at radius 3 is 2.88 bits per heavy atom. The van der Waals surface area contributed by atoms with Crippen LogP contribution in [-0.2, 0) is 4.79 Å². The van der Waals surface area contributed by atoms with E-state index in [-0.39, 0.29) is 31.5 Å². The van der Waals surface area contributed by atoms with Gasteiger partial charge in [0.25, 0.3) is 0 Å². The summed E-state index contributed by atoms with van der Waals surface area (Å²) in [6, 6.07) is 7.69. The molecule has 1 aromatic rings. The predicted molar refractivity (Wildman–Crippen MR) is 97.8 cm³/mol. The number of aliphatic hydroxyl groups is 1. The molecule has 1 aromatic carbocycles. The van der Waals surface area contributed by atoms with Crippen molar-refractivity contribution in [2.24, 2.45) is 5.92 Å². The summed E-state index contributed by atoms with van der Waals surface area (Å²) >= 11 is 0. The molecule has 24 heavy (non-hydrogen) atoms. The SMILES string of the molecule is Cc1cccc(OCC(O)CNC(=O)CCC2CCNCC2)c1.Cl. The second-order valence-electron chi connectivity index (χ2n) is 6.32. The number of aliphatic hydroxyl groups excluding tert-OH is 1. The molecule has 3 N–H and O–H groups in total. The number of ether oxygens (including phenoxy) is 1. The minimum absolute atomic E-state index is 0. The first-order valence-corrected chi connectivity index (χ1v) is 8.48. The molecule has 0 radical (unpaired) electrons. The molecular formula is C18H29ClN2O3. The zero-order chi connectivity index (χ0) is 16.5. The number of halogens is 1. The van der Waals surface area contributed by atoms with Gasteiger partial charge in [0.2, 0.25) is 5.91 Å². The quantitative estimate of drug-likeness (QED) is 0.666. The molecule has 1 unspecified atom stereocenters. The molecule has 0 aromatic heterocycles. The Labute approximate surface area is 150 Å². The van der Waals surface area contributed by atoms with E-state index in [9.17, 15) is 9.90 Å². The lowest BCUT2D eigenvalue weighted by Crippen LogP contribution is -2.35. The molecule has 1 saturated heterocycles. The third-order valence-corrected chi connectivity index (χ3v) is 4.21. The summed E-state index contributed by atoms with van der Waals surface area (Å²) in [5, 5.41) is 16.0. The van der Waals surface area contributed by atoms with Gasteiger partial charge in [0.15, 0.2) is 0 Å². The van der Waals surface area contributed by atoms with Crippen molar-refractivity contribution in [3.63, 3.8) is 0 Å². The summed E-state index contributed by atoms with van der Waals surface area (Å²) in [6.07, 6.45) is 3.08. The summed E-state index contributed by atoms with van der Waals surface area (Å²) in [7, 11) is 0. The highest BCUT2D eigenvalue weighted by atomic mass is 35.5. The minimum atomic E-state index is -0.696. The maximum absolute atomic E-state index is 11.8. The van der Waals surface area contributed by atoms with Crippen molar-refractivity contribution < 1.29 is 14.6 Å². The van der Waals surface area contributed by atoms with Crippen molar-refractivity contribution >= 4 is 18.3 Å². The van der Waals surface area contributed by atoms with Gasteiger partial charge in [-0.25, -0.2) is 0 Å². The average molecular weight is 357 g/mol. The van der Waals surface area contributed by atoms with E-state index in [1.165, 1.54) is 0 Å². The van der Waals surface area contributed by atoms with Crippen LogP contribution in [0.3, 0.4) is 0 Å². The molecule has 6 heteroatoms. The summed E-state index contributed by atoms with van der Waals surface area (Å²) in [6.45, 7) is 4.52. The lowest BCUT2D eigenvalue weighted by molar-refractivity contribution is -0.122. The second kappa shape index (κ2) is 11.3. The number of carbonyl (C=O) groups excluding carboxylic acids is 1. The fourth-order valence-corrected chi connectivity index (χ4v) is 2.78. The number of hydrogen-bond acceptors (Lipinski definition) is 4. The number of nitrogens with one attached hydrogen (secondary N) is 2. The highest BCUT2D eigenvalue weighted by molar-refractivity contribution is 5.85. The number of benzene rings is 1. The van der Waals surface area contributed by atoms with Gasteiger partial charge < -0.3 is 20.5 Å². The van der Waals surface area contributed by atoms with Crippen LogP contribution in [0.25, 0.3) is 0 Å². The Morgan fingerprint density at radius 2 is 2.17 bits per heavy atom. The van der Waals surface area contributed by atoms with E-state index in [1.807, 2.05) is 31.2 Å². The minimum Gasteiger partial charge on any atom is -0.491 e. The second-order valence-corrected chi connectivity index (χ2v) is 6.32. The van der Waals surface area contributed by atoms with Crippen LogP contribution in [0.15, 0.2) is 24.3 Å². The maximum Gasteiger partial charge on any atom is 0.220 e. The van der Waals surface area contributed by atoms with Gasteiger partial charge in [0.1, 0.15) is 18.5 Å². The van der Waals surface area contributed by atoms with Crippen LogP contribution in [0.1, 0.15) is 31.2 Å². The van der Waals surface area contributed by atoms with E-state index in [2.05, 4.69) is 10.6 Å². The summed E-state index contributed by atoms with van der Waals surface area (Å²) in [5.41, 5.74) is 1.11. The molecule has 2 rings (SSSR count). The molecule has 0 spiro atoms. The summed E-state index contributed by atoms with van der Waals surface area (Å²) in [4.78, 5) is 11.8. The molecule has 1 amide bonds. The molecule has 0 bridgehead atoms. The Kier molecular flexibility index (Phi) is 9.76. The average Bonchev–Trinajstić information content (AvgIpc) is 2.57. The van der Waals surface area contributed by atoms with Crippen LogP contribution in [0.5, 0.6) is 5.75 Å². The Bertz CT molecular complexity index is 493. The van der Waals surface area contributed by atoms with Gasteiger partial charge >= 0.3 is 0 Å². The number of aryl methyl sites for hydroxylation is 1. The van der Waals surface area contributed by atoms with Crippen LogP contribution >= 0.6 is 12.4 Å². The van der Waals surface area contributed by atoms with E-state index >= 15 is 0 Å². The highest BCUT2D eigenvalue weighted by Crippen LogP contribution is 2.17. The molecule has 1 aliphatic heterocycles. The third kappa shape index (κ3) is 7.99. The van der Waals surface area contributed by atoms with E-state index in [0.29, 0.717) is 12.3 Å². The van der Waals surface area contributed by atoms with Gasteiger partial charge in [-0.15, -0.1) is 12.4 Å². The number of amides is 1. The lowest BCUT2D eigenvalue weighted by Gasteiger charge is -2.22. The topological polar surface area (TPSA) is 70.6 Å². The smallest absolute Gasteiger partial charge is 0.220 e. The molecule has 136 valence electrons. The van der Waals surface area contributed by atoms with Gasteiger partial charge in [-0.1, -0.05) is 12.1 Å². The molecule has 1 fully saturated rings. The fraction of sp³-hybridized carbons (Fsp3) is 0.611. The van der Waals surface area contributed by atoms with Crippen LogP contribution < -0.4 is 15.4 Å². The van der Waals surface area contributed by atoms with Gasteiger partial charge in [0.05, 0.1) is 0 Å². The molecule has 1 aliphatic rings. The first-order valence-electron chi connectivity index (χ1n) is 8.48. The highest BCUT2D eigenvalue weighted by Gasteiger charge is 2.15. The fourth-order valence-electron chi connectivity index (χ4n) is 2.78. The van der Waals surface area contributed by atoms with Crippen molar-refractivity contribution in [1.82, 2.24) is 10.6 Å². The Hall–Kier alpha value is -1.30. The molecule has 0 saturated carbocycles. The van der Waals surface area contributed by atoms with Crippen LogP contribution in [0.4, 0.5) is 0 Å². The Morgan fingerprint density at radius 1 is 1.42 bits per heavy atom. The normalized spacial score (nSPS) is 16.1.